The quantitative estimate of drug-likeness (QED) is 0.520. The molecule has 0 saturated carbocycles. The molecule has 6 heteroatoms. The Kier molecular flexibility index (Phi) is 5.88. The number of amidine groups is 1. The maximum absolute atomic E-state index is 11.5. The lowest BCUT2D eigenvalue weighted by Crippen LogP contribution is -2.22. The predicted molar refractivity (Wildman–Crippen MR) is 83.8 cm³/mol. The highest BCUT2D eigenvalue weighted by atomic mass is 79.9. The molecule has 0 aliphatic rings. The van der Waals surface area contributed by atoms with Crippen molar-refractivity contribution in [3.63, 3.8) is 0 Å². The largest absolute Gasteiger partial charge is 0.442 e. The molecule has 0 atom stereocenters. The van der Waals surface area contributed by atoms with Gasteiger partial charge in [0.2, 0.25) is 0 Å². The van der Waals surface area contributed by atoms with Gasteiger partial charge in [0.05, 0.1) is 5.41 Å². The summed E-state index contributed by atoms with van der Waals surface area (Å²) in [7, 11) is 0. The number of ether oxygens (including phenoxy) is 1. The van der Waals surface area contributed by atoms with E-state index in [1.54, 1.807) is 20.8 Å². The summed E-state index contributed by atoms with van der Waals surface area (Å²) in [6, 6.07) is 7.44. The van der Waals surface area contributed by atoms with Crippen LogP contribution >= 0.6 is 15.9 Å². The average molecular weight is 340 g/mol. The van der Waals surface area contributed by atoms with Gasteiger partial charge in [0.1, 0.15) is 12.2 Å². The fourth-order valence-electron chi connectivity index (χ4n) is 1.14. The molecule has 1 aromatic carbocycles. The van der Waals surface area contributed by atoms with Crippen molar-refractivity contribution in [1.29, 1.82) is 0 Å². The van der Waals surface area contributed by atoms with Crippen molar-refractivity contribution >= 4 is 34.1 Å². The lowest BCUT2D eigenvalue weighted by molar-refractivity contribution is -0.152. The molecule has 20 heavy (non-hydrogen) atoms. The van der Waals surface area contributed by atoms with E-state index in [2.05, 4.69) is 25.9 Å². The Balaban J connectivity index is 2.49. The lowest BCUT2D eigenvalue weighted by Gasteiger charge is -2.14. The van der Waals surface area contributed by atoms with Crippen molar-refractivity contribution in [3.8, 4) is 0 Å². The number of hydrogen-bond acceptors (Lipinski definition) is 3. The number of esters is 1. The Labute approximate surface area is 127 Å². The zero-order valence-electron chi connectivity index (χ0n) is 11.8. The van der Waals surface area contributed by atoms with Gasteiger partial charge in [-0.2, -0.15) is 0 Å². The minimum absolute atomic E-state index is 0.0623. The molecule has 0 unspecified atom stereocenters. The summed E-state index contributed by atoms with van der Waals surface area (Å²) in [5.41, 5.74) is 6.06. The number of nitrogens with two attached hydrogens (primary N) is 1. The molecule has 0 heterocycles. The third-order valence-corrected chi connectivity index (χ3v) is 2.83. The number of carbonyl (C=O) groups is 1. The molecule has 0 spiro atoms. The van der Waals surface area contributed by atoms with Crippen molar-refractivity contribution in [3.05, 3.63) is 34.3 Å². The van der Waals surface area contributed by atoms with Gasteiger partial charge in [-0.15, -0.1) is 0 Å². The second kappa shape index (κ2) is 7.19. The first kappa shape index (κ1) is 16.4. The van der Waals surface area contributed by atoms with Gasteiger partial charge in [0.15, 0.2) is 6.73 Å². The summed E-state index contributed by atoms with van der Waals surface area (Å²) in [5, 5.41) is 0. The Morgan fingerprint density at radius 2 is 1.95 bits per heavy atom. The van der Waals surface area contributed by atoms with Crippen LogP contribution in [0.3, 0.4) is 0 Å². The van der Waals surface area contributed by atoms with E-state index in [0.717, 1.165) is 10.0 Å². The van der Waals surface area contributed by atoms with Crippen LogP contribution in [0.25, 0.3) is 0 Å². The SMILES string of the molecule is CC(C)(C)C(=O)OC/N=C/N=C(N)c1ccc(Br)cc1. The van der Waals surface area contributed by atoms with E-state index in [-0.39, 0.29) is 12.7 Å². The topological polar surface area (TPSA) is 77.0 Å². The Hall–Kier alpha value is -1.69. The van der Waals surface area contributed by atoms with Gasteiger partial charge in [-0.25, -0.2) is 9.98 Å². The minimum atomic E-state index is -0.532. The monoisotopic (exact) mass is 339 g/mol. The summed E-state index contributed by atoms with van der Waals surface area (Å²) < 4.78 is 5.93. The first-order valence-corrected chi connectivity index (χ1v) is 6.85. The summed E-state index contributed by atoms with van der Waals surface area (Å²) in [4.78, 5) is 19.3. The minimum Gasteiger partial charge on any atom is -0.442 e. The molecule has 0 amide bonds. The molecule has 1 aromatic rings. The molecule has 0 aromatic heterocycles. The summed E-state index contributed by atoms with van der Waals surface area (Å²) in [6.07, 6.45) is 1.29. The maximum atomic E-state index is 11.5. The summed E-state index contributed by atoms with van der Waals surface area (Å²) >= 11 is 3.34. The van der Waals surface area contributed by atoms with E-state index in [4.69, 9.17) is 10.5 Å². The fraction of sp³-hybridized carbons (Fsp3) is 0.357. The van der Waals surface area contributed by atoms with E-state index in [1.165, 1.54) is 6.34 Å². The third kappa shape index (κ3) is 5.52. The molecule has 0 radical (unpaired) electrons. The van der Waals surface area contributed by atoms with Gasteiger partial charge in [0, 0.05) is 10.0 Å². The molecule has 0 bridgehead atoms. The standard InChI is InChI=1S/C14H18BrN3O2/c1-14(2,3)13(19)20-9-17-8-18-12(16)10-4-6-11(15)7-5-10/h4-8H,9H2,1-3H3,(H2,16,17,18). The highest BCUT2D eigenvalue weighted by Gasteiger charge is 2.22. The molecule has 108 valence electrons. The van der Waals surface area contributed by atoms with Crippen molar-refractivity contribution in [2.75, 3.05) is 6.73 Å². The number of carbonyl (C=O) groups excluding carboxylic acids is 1. The van der Waals surface area contributed by atoms with Crippen LogP contribution in [-0.2, 0) is 9.53 Å². The summed E-state index contributed by atoms with van der Waals surface area (Å²) in [5.74, 6) is 0.0444. The van der Waals surface area contributed by atoms with Crippen LogP contribution in [0.15, 0.2) is 38.7 Å². The Morgan fingerprint density at radius 3 is 2.50 bits per heavy atom. The summed E-state index contributed by atoms with van der Waals surface area (Å²) in [6.45, 7) is 5.28. The second-order valence-corrected chi connectivity index (χ2v) is 6.05. The molecule has 5 nitrogen and oxygen atoms in total. The van der Waals surface area contributed by atoms with E-state index in [9.17, 15) is 4.79 Å². The molecule has 0 aliphatic heterocycles. The number of nitrogens with zero attached hydrogens (tertiary/aromatic N) is 2. The van der Waals surface area contributed by atoms with Crippen LogP contribution in [0.1, 0.15) is 26.3 Å². The number of halogens is 1. The molecule has 0 aliphatic carbocycles. The van der Waals surface area contributed by atoms with Crippen LogP contribution in [0.4, 0.5) is 0 Å². The van der Waals surface area contributed by atoms with Gasteiger partial charge in [-0.05, 0) is 32.9 Å². The van der Waals surface area contributed by atoms with Crippen molar-refractivity contribution < 1.29 is 9.53 Å². The first-order chi connectivity index (χ1) is 9.30. The van der Waals surface area contributed by atoms with E-state index in [1.807, 2.05) is 24.3 Å². The van der Waals surface area contributed by atoms with Crippen LogP contribution < -0.4 is 5.73 Å². The van der Waals surface area contributed by atoms with Gasteiger partial charge in [-0.3, -0.25) is 4.79 Å². The number of hydrogen-bond donors (Lipinski definition) is 1. The number of aliphatic imine (C=N–C) groups is 2. The van der Waals surface area contributed by atoms with Crippen molar-refractivity contribution in [2.45, 2.75) is 20.8 Å². The number of rotatable bonds is 4. The molecule has 2 N–H and O–H groups in total. The molecule has 0 fully saturated rings. The van der Waals surface area contributed by atoms with Crippen LogP contribution in [0, 0.1) is 5.41 Å². The Bertz CT molecular complexity index is 516. The zero-order chi connectivity index (χ0) is 15.2. The average Bonchev–Trinajstić information content (AvgIpc) is 2.37. The predicted octanol–water partition coefficient (Wildman–Crippen LogP) is 2.73. The van der Waals surface area contributed by atoms with Crippen LogP contribution in [0.2, 0.25) is 0 Å². The first-order valence-electron chi connectivity index (χ1n) is 6.05. The highest BCUT2D eigenvalue weighted by Crippen LogP contribution is 2.14. The molecular weight excluding hydrogens is 322 g/mol. The lowest BCUT2D eigenvalue weighted by atomic mass is 9.98. The Morgan fingerprint density at radius 1 is 1.35 bits per heavy atom. The van der Waals surface area contributed by atoms with Gasteiger partial charge in [0.25, 0.3) is 0 Å². The van der Waals surface area contributed by atoms with E-state index in [0.29, 0.717) is 5.84 Å². The third-order valence-electron chi connectivity index (χ3n) is 2.30. The van der Waals surface area contributed by atoms with Crippen LogP contribution in [-0.4, -0.2) is 24.9 Å². The molecular formula is C14H18BrN3O2. The highest BCUT2D eigenvalue weighted by molar-refractivity contribution is 9.10. The normalized spacial score (nSPS) is 12.7. The van der Waals surface area contributed by atoms with Crippen molar-refractivity contribution in [1.82, 2.24) is 0 Å². The molecule has 1 rings (SSSR count). The van der Waals surface area contributed by atoms with E-state index < -0.39 is 5.41 Å². The fourth-order valence-corrected chi connectivity index (χ4v) is 1.41. The smallest absolute Gasteiger partial charge is 0.313 e. The maximum Gasteiger partial charge on any atom is 0.313 e. The number of benzene rings is 1. The second-order valence-electron chi connectivity index (χ2n) is 5.13. The van der Waals surface area contributed by atoms with Gasteiger partial charge >= 0.3 is 5.97 Å². The van der Waals surface area contributed by atoms with E-state index >= 15 is 0 Å². The van der Waals surface area contributed by atoms with Gasteiger partial charge in [-0.1, -0.05) is 28.1 Å². The van der Waals surface area contributed by atoms with Crippen LogP contribution in [0.5, 0.6) is 0 Å². The zero-order valence-corrected chi connectivity index (χ0v) is 13.3. The van der Waals surface area contributed by atoms with Gasteiger partial charge < -0.3 is 10.5 Å². The van der Waals surface area contributed by atoms with Crippen molar-refractivity contribution in [2.24, 2.45) is 21.1 Å². The molecule has 0 saturated heterocycles.